The summed E-state index contributed by atoms with van der Waals surface area (Å²) in [5, 5.41) is 6.63. The van der Waals surface area contributed by atoms with Crippen molar-refractivity contribution in [2.75, 3.05) is 13.1 Å². The zero-order valence-electron chi connectivity index (χ0n) is 11.0. The molecule has 0 aromatic carbocycles. The standard InChI is InChI=1S/C14H26N2O/c1-11(12-7-9-15-10-8-12)16-14(17)13-5-3-2-4-6-13/h11-13,15H,2-10H2,1H3,(H,16,17). The van der Waals surface area contributed by atoms with E-state index in [1.54, 1.807) is 0 Å². The number of piperidine rings is 1. The molecule has 1 saturated heterocycles. The highest BCUT2D eigenvalue weighted by atomic mass is 16.1. The lowest BCUT2D eigenvalue weighted by molar-refractivity contribution is -0.127. The summed E-state index contributed by atoms with van der Waals surface area (Å²) < 4.78 is 0. The first-order valence-corrected chi connectivity index (χ1v) is 7.28. The summed E-state index contributed by atoms with van der Waals surface area (Å²) in [5.41, 5.74) is 0. The van der Waals surface area contributed by atoms with Gasteiger partial charge in [0.05, 0.1) is 0 Å². The van der Waals surface area contributed by atoms with Gasteiger partial charge in [-0.3, -0.25) is 4.79 Å². The second kappa shape index (κ2) is 6.39. The van der Waals surface area contributed by atoms with Crippen molar-refractivity contribution in [3.05, 3.63) is 0 Å². The molecule has 0 aromatic heterocycles. The van der Waals surface area contributed by atoms with E-state index < -0.39 is 0 Å². The van der Waals surface area contributed by atoms with Gasteiger partial charge in [0.2, 0.25) is 5.91 Å². The number of amides is 1. The highest BCUT2D eigenvalue weighted by Gasteiger charge is 2.25. The smallest absolute Gasteiger partial charge is 0.223 e. The molecule has 1 unspecified atom stereocenters. The number of rotatable bonds is 3. The molecule has 2 rings (SSSR count). The Morgan fingerprint density at radius 3 is 2.41 bits per heavy atom. The summed E-state index contributed by atoms with van der Waals surface area (Å²) in [5.74, 6) is 1.28. The van der Waals surface area contributed by atoms with Crippen LogP contribution in [0.15, 0.2) is 0 Å². The summed E-state index contributed by atoms with van der Waals surface area (Å²) in [6.45, 7) is 4.39. The fraction of sp³-hybridized carbons (Fsp3) is 0.929. The van der Waals surface area contributed by atoms with Gasteiger partial charge in [-0.05, 0) is 51.6 Å². The van der Waals surface area contributed by atoms with Crippen molar-refractivity contribution < 1.29 is 4.79 Å². The molecule has 1 aliphatic carbocycles. The Hall–Kier alpha value is -0.570. The van der Waals surface area contributed by atoms with Gasteiger partial charge in [0.1, 0.15) is 0 Å². The van der Waals surface area contributed by atoms with Crippen molar-refractivity contribution in [3.63, 3.8) is 0 Å². The highest BCUT2D eigenvalue weighted by Crippen LogP contribution is 2.24. The van der Waals surface area contributed by atoms with Crippen LogP contribution in [0.25, 0.3) is 0 Å². The first-order chi connectivity index (χ1) is 8.27. The van der Waals surface area contributed by atoms with E-state index >= 15 is 0 Å². The highest BCUT2D eigenvalue weighted by molar-refractivity contribution is 5.79. The fourth-order valence-corrected chi connectivity index (χ4v) is 3.17. The normalized spacial score (nSPS) is 25.5. The molecule has 0 bridgehead atoms. The van der Waals surface area contributed by atoms with E-state index in [-0.39, 0.29) is 0 Å². The maximum absolute atomic E-state index is 12.1. The van der Waals surface area contributed by atoms with E-state index in [1.807, 2.05) is 0 Å². The third-order valence-electron chi connectivity index (χ3n) is 4.44. The van der Waals surface area contributed by atoms with E-state index in [4.69, 9.17) is 0 Å². The third-order valence-corrected chi connectivity index (χ3v) is 4.44. The molecular formula is C14H26N2O. The van der Waals surface area contributed by atoms with Gasteiger partial charge < -0.3 is 10.6 Å². The molecule has 0 radical (unpaired) electrons. The molecule has 2 aliphatic rings. The molecule has 2 N–H and O–H groups in total. The maximum Gasteiger partial charge on any atom is 0.223 e. The molecule has 17 heavy (non-hydrogen) atoms. The Labute approximate surface area is 105 Å². The first kappa shape index (κ1) is 12.9. The van der Waals surface area contributed by atoms with Crippen LogP contribution in [0.4, 0.5) is 0 Å². The van der Waals surface area contributed by atoms with E-state index in [9.17, 15) is 4.79 Å². The van der Waals surface area contributed by atoms with Crippen LogP contribution in [0, 0.1) is 11.8 Å². The Bertz CT molecular complexity index is 243. The molecule has 3 heteroatoms. The fourth-order valence-electron chi connectivity index (χ4n) is 3.17. The van der Waals surface area contributed by atoms with Gasteiger partial charge in [-0.1, -0.05) is 19.3 Å². The van der Waals surface area contributed by atoms with Crippen molar-refractivity contribution in [2.45, 2.75) is 57.9 Å². The summed E-state index contributed by atoms with van der Waals surface area (Å²) in [6, 6.07) is 0.353. The van der Waals surface area contributed by atoms with Crippen molar-refractivity contribution >= 4 is 5.91 Å². The van der Waals surface area contributed by atoms with Gasteiger partial charge in [0.25, 0.3) is 0 Å². The minimum atomic E-state index is 0.299. The first-order valence-electron chi connectivity index (χ1n) is 7.28. The molecule has 1 amide bonds. The molecule has 1 saturated carbocycles. The van der Waals surface area contributed by atoms with E-state index in [2.05, 4.69) is 17.6 Å². The maximum atomic E-state index is 12.1. The van der Waals surface area contributed by atoms with E-state index in [0.29, 0.717) is 23.8 Å². The van der Waals surface area contributed by atoms with E-state index in [1.165, 1.54) is 32.1 Å². The average Bonchev–Trinajstić information content (AvgIpc) is 2.40. The van der Waals surface area contributed by atoms with E-state index in [0.717, 1.165) is 25.9 Å². The van der Waals surface area contributed by atoms with Crippen LogP contribution in [-0.2, 0) is 4.79 Å². The lowest BCUT2D eigenvalue weighted by Crippen LogP contribution is -2.44. The zero-order chi connectivity index (χ0) is 12.1. The predicted octanol–water partition coefficient (Wildman–Crippen LogP) is 2.07. The molecule has 0 spiro atoms. The van der Waals surface area contributed by atoms with Gasteiger partial charge >= 0.3 is 0 Å². The van der Waals surface area contributed by atoms with Crippen LogP contribution in [0.1, 0.15) is 51.9 Å². The van der Waals surface area contributed by atoms with Gasteiger partial charge in [-0.2, -0.15) is 0 Å². The van der Waals surface area contributed by atoms with Crippen LogP contribution in [0.3, 0.4) is 0 Å². The summed E-state index contributed by atoms with van der Waals surface area (Å²) in [4.78, 5) is 12.1. The van der Waals surface area contributed by atoms with Gasteiger partial charge in [-0.25, -0.2) is 0 Å². The number of carbonyl (C=O) groups is 1. The Balaban J connectivity index is 1.76. The summed E-state index contributed by atoms with van der Waals surface area (Å²) >= 11 is 0. The average molecular weight is 238 g/mol. The quantitative estimate of drug-likeness (QED) is 0.790. The SMILES string of the molecule is CC(NC(=O)C1CCCCC1)C1CCNCC1. The van der Waals surface area contributed by atoms with Crippen LogP contribution in [0.2, 0.25) is 0 Å². The summed E-state index contributed by atoms with van der Waals surface area (Å²) in [6.07, 6.45) is 8.39. The summed E-state index contributed by atoms with van der Waals surface area (Å²) in [7, 11) is 0. The van der Waals surface area contributed by atoms with Crippen molar-refractivity contribution in [2.24, 2.45) is 11.8 Å². The zero-order valence-corrected chi connectivity index (χ0v) is 11.0. The lowest BCUT2D eigenvalue weighted by Gasteiger charge is -2.30. The van der Waals surface area contributed by atoms with Gasteiger partial charge in [-0.15, -0.1) is 0 Å². The predicted molar refractivity (Wildman–Crippen MR) is 69.8 cm³/mol. The third kappa shape index (κ3) is 3.70. The molecule has 2 fully saturated rings. The second-order valence-electron chi connectivity index (χ2n) is 5.72. The number of hydrogen-bond donors (Lipinski definition) is 2. The minimum absolute atomic E-state index is 0.299. The van der Waals surface area contributed by atoms with Crippen molar-refractivity contribution in [3.8, 4) is 0 Å². The Morgan fingerprint density at radius 2 is 1.76 bits per heavy atom. The topological polar surface area (TPSA) is 41.1 Å². The molecule has 1 heterocycles. The van der Waals surface area contributed by atoms with Crippen LogP contribution in [0.5, 0.6) is 0 Å². The Kier molecular flexibility index (Phi) is 4.84. The largest absolute Gasteiger partial charge is 0.353 e. The molecule has 98 valence electrons. The van der Waals surface area contributed by atoms with Crippen LogP contribution < -0.4 is 10.6 Å². The minimum Gasteiger partial charge on any atom is -0.353 e. The monoisotopic (exact) mass is 238 g/mol. The van der Waals surface area contributed by atoms with Crippen molar-refractivity contribution in [1.29, 1.82) is 0 Å². The number of nitrogens with one attached hydrogen (secondary N) is 2. The molecule has 3 nitrogen and oxygen atoms in total. The van der Waals surface area contributed by atoms with Crippen LogP contribution in [-0.4, -0.2) is 25.0 Å². The van der Waals surface area contributed by atoms with Crippen molar-refractivity contribution in [1.82, 2.24) is 10.6 Å². The number of hydrogen-bond acceptors (Lipinski definition) is 2. The molecule has 0 aromatic rings. The van der Waals surface area contributed by atoms with Crippen LogP contribution >= 0.6 is 0 Å². The Morgan fingerprint density at radius 1 is 1.12 bits per heavy atom. The van der Waals surface area contributed by atoms with Gasteiger partial charge in [0, 0.05) is 12.0 Å². The lowest BCUT2D eigenvalue weighted by atomic mass is 9.87. The molecule has 1 atom stereocenters. The molecule has 1 aliphatic heterocycles. The van der Waals surface area contributed by atoms with Gasteiger partial charge in [0.15, 0.2) is 0 Å². The molecular weight excluding hydrogens is 212 g/mol. The number of carbonyl (C=O) groups excluding carboxylic acids is 1. The second-order valence-corrected chi connectivity index (χ2v) is 5.72.